The Morgan fingerprint density at radius 3 is 2.00 bits per heavy atom. The predicted octanol–water partition coefficient (Wildman–Crippen LogP) is 3.85. The van der Waals surface area contributed by atoms with E-state index in [0.29, 0.717) is 10.0 Å². The Morgan fingerprint density at radius 2 is 1.42 bits per heavy atom. The summed E-state index contributed by atoms with van der Waals surface area (Å²) in [5.74, 6) is -0.0206. The van der Waals surface area contributed by atoms with E-state index in [1.54, 1.807) is 24.3 Å². The van der Waals surface area contributed by atoms with Crippen molar-refractivity contribution in [3.8, 4) is 0 Å². The van der Waals surface area contributed by atoms with Crippen LogP contribution in [-0.4, -0.2) is 25.7 Å². The number of nitro benzene ring substituents is 1. The van der Waals surface area contributed by atoms with Crippen molar-refractivity contribution in [3.63, 3.8) is 0 Å². The summed E-state index contributed by atoms with van der Waals surface area (Å²) >= 11 is -0.171. The number of ketones is 1. The maximum absolute atomic E-state index is 13.0. The summed E-state index contributed by atoms with van der Waals surface area (Å²) in [6.07, 6.45) is 1.83. The molecule has 0 aliphatic heterocycles. The van der Waals surface area contributed by atoms with Crippen LogP contribution in [0.1, 0.15) is 15.9 Å². The van der Waals surface area contributed by atoms with E-state index >= 15 is 0 Å². The third-order valence-corrected chi connectivity index (χ3v) is 5.80. The number of benzene rings is 3. The Hall–Kier alpha value is -3.01. The van der Waals surface area contributed by atoms with E-state index in [1.807, 2.05) is 54.6 Å². The van der Waals surface area contributed by atoms with Crippen molar-refractivity contribution < 1.29 is 9.72 Å². The quantitative estimate of drug-likeness (QED) is 0.205. The molecule has 0 aliphatic rings. The number of allylic oxidation sites excluding steroid dienone is 1. The minimum atomic E-state index is -0.433. The number of Topliss-reactive ketones (excluding diaryl/α,β-unsaturated/α-hetero) is 1. The van der Waals surface area contributed by atoms with Crippen LogP contribution in [0.5, 0.6) is 0 Å². The molecule has 0 unspecified atom stereocenters. The Labute approximate surface area is 157 Å². The van der Waals surface area contributed by atoms with Crippen molar-refractivity contribution in [2.75, 3.05) is 0 Å². The number of non-ortho nitro benzene ring substituents is 1. The van der Waals surface area contributed by atoms with Gasteiger partial charge >= 0.3 is 157 Å². The molecule has 0 heterocycles. The van der Waals surface area contributed by atoms with Gasteiger partial charge in [0.1, 0.15) is 0 Å². The molecule has 26 heavy (non-hydrogen) atoms. The molecule has 0 N–H and O–H groups in total. The van der Waals surface area contributed by atoms with Gasteiger partial charge in [-0.05, 0) is 0 Å². The van der Waals surface area contributed by atoms with Crippen LogP contribution in [0.25, 0.3) is 6.08 Å². The second-order valence-corrected chi connectivity index (χ2v) is 7.81. The van der Waals surface area contributed by atoms with Gasteiger partial charge in [-0.3, -0.25) is 0 Å². The minimum absolute atomic E-state index is 0.0206. The summed E-state index contributed by atoms with van der Waals surface area (Å²) in [7, 11) is 0. The Kier molecular flexibility index (Phi) is 5.74. The SMILES string of the molecule is O=C(/C(=C/c1ccc([N+](=O)[O-])cc1)[Se]c1ccccc1)c1ccccc1. The molecule has 0 aromatic heterocycles. The number of hydrogen-bond acceptors (Lipinski definition) is 3. The van der Waals surface area contributed by atoms with E-state index in [1.165, 1.54) is 12.1 Å². The van der Waals surface area contributed by atoms with E-state index < -0.39 is 4.92 Å². The number of rotatable bonds is 6. The summed E-state index contributed by atoms with van der Waals surface area (Å²) < 4.78 is 1.79. The number of hydrogen-bond donors (Lipinski definition) is 0. The average molecular weight is 408 g/mol. The molecule has 0 spiro atoms. The zero-order chi connectivity index (χ0) is 18.4. The molecule has 0 radical (unpaired) electrons. The van der Waals surface area contributed by atoms with E-state index in [0.717, 1.165) is 10.0 Å². The molecule has 0 bridgehead atoms. The van der Waals surface area contributed by atoms with Gasteiger partial charge in [-0.25, -0.2) is 0 Å². The Morgan fingerprint density at radius 1 is 0.846 bits per heavy atom. The fourth-order valence-corrected chi connectivity index (χ4v) is 4.33. The summed E-state index contributed by atoms with van der Waals surface area (Å²) in [6, 6.07) is 25.2. The van der Waals surface area contributed by atoms with Gasteiger partial charge in [-0.1, -0.05) is 0 Å². The van der Waals surface area contributed by atoms with Gasteiger partial charge in [0.25, 0.3) is 0 Å². The van der Waals surface area contributed by atoms with Crippen molar-refractivity contribution in [1.82, 2.24) is 0 Å². The number of nitro groups is 1. The number of nitrogens with zero attached hydrogens (tertiary/aromatic N) is 1. The third-order valence-electron chi connectivity index (χ3n) is 3.63. The van der Waals surface area contributed by atoms with Crippen LogP contribution in [0.3, 0.4) is 0 Å². The zero-order valence-electron chi connectivity index (χ0n) is 13.7. The molecule has 5 heteroatoms. The predicted molar refractivity (Wildman–Crippen MR) is 104 cm³/mol. The van der Waals surface area contributed by atoms with Gasteiger partial charge in [-0.2, -0.15) is 0 Å². The number of carbonyl (C=O) groups excluding carboxylic acids is 1. The molecule has 3 aromatic rings. The second kappa shape index (κ2) is 8.39. The molecular weight excluding hydrogens is 393 g/mol. The van der Waals surface area contributed by atoms with Gasteiger partial charge in [0.2, 0.25) is 0 Å². The fourth-order valence-electron chi connectivity index (χ4n) is 2.33. The molecule has 3 aromatic carbocycles. The van der Waals surface area contributed by atoms with Gasteiger partial charge < -0.3 is 0 Å². The van der Waals surface area contributed by atoms with Crippen LogP contribution in [0.4, 0.5) is 5.69 Å². The maximum atomic E-state index is 13.0. The van der Waals surface area contributed by atoms with Crippen LogP contribution in [0.15, 0.2) is 89.4 Å². The Bertz CT molecular complexity index is 936. The van der Waals surface area contributed by atoms with Crippen molar-refractivity contribution in [2.24, 2.45) is 0 Å². The standard InChI is InChI=1S/C21H15NO3Se/c23-21(17-7-3-1-4-8-17)20(26-19-9-5-2-6-10-19)15-16-11-13-18(14-12-16)22(24)25/h1-15H/b20-15-. The van der Waals surface area contributed by atoms with E-state index in [9.17, 15) is 14.9 Å². The second-order valence-electron chi connectivity index (χ2n) is 5.47. The van der Waals surface area contributed by atoms with Gasteiger partial charge in [-0.15, -0.1) is 0 Å². The molecule has 0 amide bonds. The summed E-state index contributed by atoms with van der Waals surface area (Å²) in [4.78, 5) is 23.3. The zero-order valence-corrected chi connectivity index (χ0v) is 15.5. The van der Waals surface area contributed by atoms with Crippen LogP contribution >= 0.6 is 0 Å². The fraction of sp³-hybridized carbons (Fsp3) is 0. The molecule has 0 aliphatic carbocycles. The first-order valence-electron chi connectivity index (χ1n) is 7.92. The molecule has 0 fully saturated rings. The van der Waals surface area contributed by atoms with Gasteiger partial charge in [0.15, 0.2) is 0 Å². The topological polar surface area (TPSA) is 60.2 Å². The summed E-state index contributed by atoms with van der Waals surface area (Å²) in [6.45, 7) is 0. The van der Waals surface area contributed by atoms with Gasteiger partial charge in [0, 0.05) is 0 Å². The normalized spacial score (nSPS) is 11.2. The molecule has 3 rings (SSSR count). The molecular formula is C21H15NO3Se. The van der Waals surface area contributed by atoms with E-state index in [4.69, 9.17) is 0 Å². The average Bonchev–Trinajstić information content (AvgIpc) is 2.69. The van der Waals surface area contributed by atoms with Crippen molar-refractivity contribution in [3.05, 3.63) is 111 Å². The molecule has 128 valence electrons. The first kappa shape index (κ1) is 17.8. The van der Waals surface area contributed by atoms with Crippen molar-refractivity contribution >= 4 is 37.0 Å². The first-order valence-corrected chi connectivity index (χ1v) is 9.63. The van der Waals surface area contributed by atoms with Gasteiger partial charge in [0.05, 0.1) is 0 Å². The van der Waals surface area contributed by atoms with Crippen molar-refractivity contribution in [2.45, 2.75) is 0 Å². The van der Waals surface area contributed by atoms with E-state index in [-0.39, 0.29) is 26.4 Å². The molecule has 0 saturated heterocycles. The summed E-state index contributed by atoms with van der Waals surface area (Å²) in [5, 5.41) is 10.8. The van der Waals surface area contributed by atoms with Crippen molar-refractivity contribution in [1.29, 1.82) is 0 Å². The third kappa shape index (κ3) is 4.54. The molecule has 0 saturated carbocycles. The molecule has 0 atom stereocenters. The number of carbonyl (C=O) groups is 1. The van der Waals surface area contributed by atoms with Crippen LogP contribution in [-0.2, 0) is 0 Å². The summed E-state index contributed by atoms with van der Waals surface area (Å²) in [5.41, 5.74) is 1.44. The van der Waals surface area contributed by atoms with Crippen LogP contribution in [0, 0.1) is 10.1 Å². The Balaban J connectivity index is 1.96. The van der Waals surface area contributed by atoms with Crippen LogP contribution in [0.2, 0.25) is 0 Å². The molecule has 4 nitrogen and oxygen atoms in total. The van der Waals surface area contributed by atoms with Crippen LogP contribution < -0.4 is 4.46 Å². The van der Waals surface area contributed by atoms with E-state index in [2.05, 4.69) is 0 Å². The first-order chi connectivity index (χ1) is 12.6. The monoisotopic (exact) mass is 409 g/mol.